The second-order valence-corrected chi connectivity index (χ2v) is 6.28. The van der Waals surface area contributed by atoms with Crippen molar-refractivity contribution < 1.29 is 23.9 Å². The maximum absolute atomic E-state index is 12.5. The summed E-state index contributed by atoms with van der Waals surface area (Å²) in [5.41, 5.74) is 2.04. The summed E-state index contributed by atoms with van der Waals surface area (Å²) in [4.78, 5) is 39.1. The van der Waals surface area contributed by atoms with E-state index >= 15 is 0 Å². The summed E-state index contributed by atoms with van der Waals surface area (Å²) in [6.45, 7) is 3.66. The Bertz CT molecular complexity index is 834. The molecule has 2 amide bonds. The summed E-state index contributed by atoms with van der Waals surface area (Å²) in [7, 11) is 0. The molecule has 0 radical (unpaired) electrons. The fraction of sp³-hybridized carbons (Fsp3) is 0.316. The van der Waals surface area contributed by atoms with Gasteiger partial charge in [0.1, 0.15) is 6.26 Å². The predicted octanol–water partition coefficient (Wildman–Crippen LogP) is 1.81. The molecule has 1 aromatic heterocycles. The van der Waals surface area contributed by atoms with Crippen molar-refractivity contribution in [1.82, 2.24) is 9.80 Å². The standard InChI is InChI=1S/C19H20N2O5/c1-13-4-2-3-5-14(13)11-17(22)20-6-8-21(9-7-20)18(23)16-10-15(12-26-16)19(24)25/h2-5,10,12H,6-9,11H2,1H3,(H,24,25). The van der Waals surface area contributed by atoms with Crippen molar-refractivity contribution in [2.45, 2.75) is 13.3 Å². The average molecular weight is 356 g/mol. The topological polar surface area (TPSA) is 91.1 Å². The molecule has 1 fully saturated rings. The first-order chi connectivity index (χ1) is 12.5. The molecular formula is C19H20N2O5. The monoisotopic (exact) mass is 356 g/mol. The molecule has 26 heavy (non-hydrogen) atoms. The molecule has 1 N–H and O–H groups in total. The van der Waals surface area contributed by atoms with E-state index in [1.165, 1.54) is 6.07 Å². The summed E-state index contributed by atoms with van der Waals surface area (Å²) < 4.78 is 5.05. The van der Waals surface area contributed by atoms with Gasteiger partial charge in [-0.05, 0) is 18.1 Å². The van der Waals surface area contributed by atoms with Crippen LogP contribution in [0.5, 0.6) is 0 Å². The van der Waals surface area contributed by atoms with Crippen LogP contribution in [0.1, 0.15) is 32.0 Å². The first kappa shape index (κ1) is 17.7. The Morgan fingerprint density at radius 2 is 1.73 bits per heavy atom. The van der Waals surface area contributed by atoms with Crippen LogP contribution in [-0.4, -0.2) is 58.9 Å². The number of amides is 2. The highest BCUT2D eigenvalue weighted by molar-refractivity contribution is 5.95. The van der Waals surface area contributed by atoms with Gasteiger partial charge in [0, 0.05) is 32.2 Å². The number of hydrogen-bond acceptors (Lipinski definition) is 4. The fourth-order valence-corrected chi connectivity index (χ4v) is 2.96. The number of benzene rings is 1. The van der Waals surface area contributed by atoms with Crippen molar-refractivity contribution in [3.8, 4) is 0 Å². The number of carboxylic acid groups (broad SMARTS) is 1. The number of nitrogens with zero attached hydrogens (tertiary/aromatic N) is 2. The van der Waals surface area contributed by atoms with Crippen molar-refractivity contribution in [3.05, 3.63) is 59.0 Å². The molecule has 1 saturated heterocycles. The summed E-state index contributed by atoms with van der Waals surface area (Å²) in [5.74, 6) is -1.46. The van der Waals surface area contributed by atoms with Crippen molar-refractivity contribution in [1.29, 1.82) is 0 Å². The third-order valence-electron chi connectivity index (χ3n) is 4.58. The van der Waals surface area contributed by atoms with E-state index in [2.05, 4.69) is 0 Å². The zero-order valence-corrected chi connectivity index (χ0v) is 14.5. The maximum atomic E-state index is 12.5. The van der Waals surface area contributed by atoms with Crippen molar-refractivity contribution in [3.63, 3.8) is 0 Å². The molecule has 0 atom stereocenters. The van der Waals surface area contributed by atoms with E-state index in [0.29, 0.717) is 32.6 Å². The van der Waals surface area contributed by atoms with E-state index in [1.807, 2.05) is 31.2 Å². The lowest BCUT2D eigenvalue weighted by atomic mass is 10.1. The van der Waals surface area contributed by atoms with Gasteiger partial charge in [-0.2, -0.15) is 0 Å². The summed E-state index contributed by atoms with van der Waals surface area (Å²) in [6, 6.07) is 9.01. The summed E-state index contributed by atoms with van der Waals surface area (Å²) in [6.07, 6.45) is 1.40. The minimum Gasteiger partial charge on any atom is -0.478 e. The Balaban J connectivity index is 1.56. The normalized spacial score (nSPS) is 14.3. The molecular weight excluding hydrogens is 336 g/mol. The van der Waals surface area contributed by atoms with Crippen LogP contribution in [0.25, 0.3) is 0 Å². The molecule has 0 bridgehead atoms. The number of aryl methyl sites for hydroxylation is 1. The minimum absolute atomic E-state index is 0.00193. The minimum atomic E-state index is -1.14. The Labute approximate surface area is 150 Å². The van der Waals surface area contributed by atoms with E-state index in [0.717, 1.165) is 17.4 Å². The van der Waals surface area contributed by atoms with Crippen molar-refractivity contribution in [2.75, 3.05) is 26.2 Å². The SMILES string of the molecule is Cc1ccccc1CC(=O)N1CCN(C(=O)c2cc(C(=O)O)co2)CC1. The van der Waals surface area contributed by atoms with Gasteiger partial charge >= 0.3 is 5.97 Å². The molecule has 2 aromatic rings. The van der Waals surface area contributed by atoms with Gasteiger partial charge in [-0.15, -0.1) is 0 Å². The average Bonchev–Trinajstić information content (AvgIpc) is 3.13. The number of piperazine rings is 1. The largest absolute Gasteiger partial charge is 0.478 e. The van der Waals surface area contributed by atoms with Gasteiger partial charge in [0.2, 0.25) is 5.91 Å². The Kier molecular flexibility index (Phi) is 5.06. The number of rotatable bonds is 4. The molecule has 0 aliphatic carbocycles. The van der Waals surface area contributed by atoms with Crippen LogP contribution < -0.4 is 0 Å². The predicted molar refractivity (Wildman–Crippen MR) is 93.0 cm³/mol. The van der Waals surface area contributed by atoms with Crippen molar-refractivity contribution >= 4 is 17.8 Å². The third kappa shape index (κ3) is 3.77. The maximum Gasteiger partial charge on any atom is 0.338 e. The summed E-state index contributed by atoms with van der Waals surface area (Å²) in [5, 5.41) is 8.90. The second kappa shape index (κ2) is 7.43. The Hall–Kier alpha value is -3.09. The van der Waals surface area contributed by atoms with Crippen LogP contribution in [0.4, 0.5) is 0 Å². The molecule has 1 aliphatic heterocycles. The molecule has 0 saturated carbocycles. The first-order valence-electron chi connectivity index (χ1n) is 8.39. The Morgan fingerprint density at radius 3 is 2.35 bits per heavy atom. The van der Waals surface area contributed by atoms with Gasteiger partial charge < -0.3 is 19.3 Å². The highest BCUT2D eigenvalue weighted by atomic mass is 16.4. The number of furan rings is 1. The smallest absolute Gasteiger partial charge is 0.338 e. The zero-order chi connectivity index (χ0) is 18.7. The number of hydrogen-bond donors (Lipinski definition) is 1. The first-order valence-corrected chi connectivity index (χ1v) is 8.39. The van der Waals surface area contributed by atoms with Gasteiger partial charge in [-0.1, -0.05) is 24.3 Å². The number of aromatic carboxylic acids is 1. The van der Waals surface area contributed by atoms with Crippen LogP contribution in [0, 0.1) is 6.92 Å². The highest BCUT2D eigenvalue weighted by Crippen LogP contribution is 2.14. The molecule has 2 heterocycles. The molecule has 136 valence electrons. The van der Waals surface area contributed by atoms with Crippen LogP contribution in [0.3, 0.4) is 0 Å². The Morgan fingerprint density at radius 1 is 1.08 bits per heavy atom. The van der Waals surface area contributed by atoms with Crippen LogP contribution in [-0.2, 0) is 11.2 Å². The van der Waals surface area contributed by atoms with E-state index in [4.69, 9.17) is 9.52 Å². The van der Waals surface area contributed by atoms with Crippen molar-refractivity contribution in [2.24, 2.45) is 0 Å². The molecule has 1 aliphatic rings. The quantitative estimate of drug-likeness (QED) is 0.902. The second-order valence-electron chi connectivity index (χ2n) is 6.28. The molecule has 1 aromatic carbocycles. The zero-order valence-electron chi connectivity index (χ0n) is 14.5. The van der Waals surface area contributed by atoms with E-state index < -0.39 is 5.97 Å². The van der Waals surface area contributed by atoms with E-state index in [-0.39, 0.29) is 23.1 Å². The fourth-order valence-electron chi connectivity index (χ4n) is 2.96. The molecule has 7 nitrogen and oxygen atoms in total. The number of carboxylic acids is 1. The lowest BCUT2D eigenvalue weighted by Gasteiger charge is -2.34. The lowest BCUT2D eigenvalue weighted by molar-refractivity contribution is -0.131. The van der Waals surface area contributed by atoms with Crippen LogP contribution in [0.2, 0.25) is 0 Å². The van der Waals surface area contributed by atoms with Gasteiger partial charge in [0.05, 0.1) is 12.0 Å². The highest BCUT2D eigenvalue weighted by Gasteiger charge is 2.27. The molecule has 7 heteroatoms. The van der Waals surface area contributed by atoms with Gasteiger partial charge in [-0.25, -0.2) is 4.79 Å². The lowest BCUT2D eigenvalue weighted by Crippen LogP contribution is -2.51. The molecule has 3 rings (SSSR count). The van der Waals surface area contributed by atoms with Gasteiger partial charge in [-0.3, -0.25) is 9.59 Å². The number of carbonyl (C=O) groups is 3. The summed E-state index contributed by atoms with van der Waals surface area (Å²) >= 11 is 0. The van der Waals surface area contributed by atoms with Crippen LogP contribution in [0.15, 0.2) is 41.0 Å². The molecule has 0 spiro atoms. The van der Waals surface area contributed by atoms with Gasteiger partial charge in [0.15, 0.2) is 5.76 Å². The van der Waals surface area contributed by atoms with E-state index in [9.17, 15) is 14.4 Å². The van der Waals surface area contributed by atoms with E-state index in [1.54, 1.807) is 9.80 Å². The number of carbonyl (C=O) groups excluding carboxylic acids is 2. The van der Waals surface area contributed by atoms with Crippen LogP contribution >= 0.6 is 0 Å². The molecule has 0 unspecified atom stereocenters. The third-order valence-corrected chi connectivity index (χ3v) is 4.58. The van der Waals surface area contributed by atoms with Gasteiger partial charge in [0.25, 0.3) is 5.91 Å².